The van der Waals surface area contributed by atoms with Crippen molar-refractivity contribution in [2.75, 3.05) is 18.5 Å². The SMILES string of the molecule is CCCCCOc1ccc(/C(=C(/c2ccccc2)c2ccc(C(C)=C(C#N)C#N)cc2)c2ccc(OCCCCBr)cc2)cc1. The van der Waals surface area contributed by atoms with Crippen molar-refractivity contribution < 1.29 is 9.47 Å². The van der Waals surface area contributed by atoms with E-state index in [2.05, 4.69) is 83.5 Å². The lowest BCUT2D eigenvalue weighted by Crippen LogP contribution is -2.00. The van der Waals surface area contributed by atoms with Crippen LogP contribution in [-0.2, 0) is 0 Å². The number of alkyl halides is 1. The molecule has 0 atom stereocenters. The van der Waals surface area contributed by atoms with E-state index in [1.54, 1.807) is 0 Å². The quantitative estimate of drug-likeness (QED) is 0.0551. The van der Waals surface area contributed by atoms with Crippen molar-refractivity contribution in [1.29, 1.82) is 10.5 Å². The Morgan fingerprint density at radius 1 is 0.578 bits per heavy atom. The van der Waals surface area contributed by atoms with Crippen LogP contribution in [0.2, 0.25) is 0 Å². The van der Waals surface area contributed by atoms with Gasteiger partial charge in [0.25, 0.3) is 0 Å². The van der Waals surface area contributed by atoms with Crippen LogP contribution in [0.25, 0.3) is 16.7 Å². The molecule has 4 aromatic carbocycles. The highest BCUT2D eigenvalue weighted by molar-refractivity contribution is 9.09. The molecule has 0 N–H and O–H groups in total. The third-order valence-corrected chi connectivity index (χ3v) is 8.18. The average molecular weight is 660 g/mol. The lowest BCUT2D eigenvalue weighted by molar-refractivity contribution is 0.306. The number of nitrogens with zero attached hydrogens (tertiary/aromatic N) is 2. The van der Waals surface area contributed by atoms with E-state index < -0.39 is 0 Å². The molecule has 228 valence electrons. The topological polar surface area (TPSA) is 66.0 Å². The largest absolute Gasteiger partial charge is 0.494 e. The standard InChI is InChI=1S/C40H39BrN2O2/c1-3-4-9-26-44-37-21-17-34(18-22-37)40(35-19-23-38(24-20-35)45-27-10-8-25-41)39(32-11-6-5-7-12-32)33-15-13-31(14-16-33)30(2)36(28-42)29-43/h5-7,11-24H,3-4,8-10,25-27H2,1-2H3/b40-39+. The van der Waals surface area contributed by atoms with Gasteiger partial charge in [-0.25, -0.2) is 0 Å². The van der Waals surface area contributed by atoms with Gasteiger partial charge in [-0.15, -0.1) is 0 Å². The molecule has 0 heterocycles. The maximum atomic E-state index is 9.40. The van der Waals surface area contributed by atoms with Crippen molar-refractivity contribution in [3.05, 3.63) is 137 Å². The Bertz CT molecular complexity index is 1590. The predicted octanol–water partition coefficient (Wildman–Crippen LogP) is 10.6. The van der Waals surface area contributed by atoms with Crippen LogP contribution in [0, 0.1) is 22.7 Å². The average Bonchev–Trinajstić information content (AvgIpc) is 3.09. The van der Waals surface area contributed by atoms with Crippen LogP contribution >= 0.6 is 15.9 Å². The molecule has 0 fully saturated rings. The Morgan fingerprint density at radius 2 is 1.00 bits per heavy atom. The Labute approximate surface area is 276 Å². The Balaban J connectivity index is 1.85. The van der Waals surface area contributed by atoms with Gasteiger partial charge in [-0.2, -0.15) is 10.5 Å². The molecule has 45 heavy (non-hydrogen) atoms. The third-order valence-electron chi connectivity index (χ3n) is 7.62. The molecule has 0 aromatic heterocycles. The van der Waals surface area contributed by atoms with Gasteiger partial charge in [-0.1, -0.05) is 115 Å². The summed E-state index contributed by atoms with van der Waals surface area (Å²) >= 11 is 3.49. The number of allylic oxidation sites excluding steroid dienone is 2. The van der Waals surface area contributed by atoms with E-state index in [-0.39, 0.29) is 5.57 Å². The minimum Gasteiger partial charge on any atom is -0.494 e. The molecule has 0 bridgehead atoms. The molecule has 0 aliphatic rings. The van der Waals surface area contributed by atoms with Crippen molar-refractivity contribution in [3.63, 3.8) is 0 Å². The summed E-state index contributed by atoms with van der Waals surface area (Å²) in [5.41, 5.74) is 8.03. The van der Waals surface area contributed by atoms with E-state index in [0.717, 1.165) is 87.9 Å². The first-order valence-corrected chi connectivity index (χ1v) is 16.7. The molecule has 0 aliphatic heterocycles. The molecule has 0 unspecified atom stereocenters. The molecular weight excluding hydrogens is 620 g/mol. The minimum absolute atomic E-state index is 0.119. The maximum Gasteiger partial charge on any atom is 0.133 e. The molecule has 5 heteroatoms. The zero-order chi connectivity index (χ0) is 31.9. The lowest BCUT2D eigenvalue weighted by atomic mass is 9.85. The van der Waals surface area contributed by atoms with Crippen LogP contribution in [0.4, 0.5) is 0 Å². The van der Waals surface area contributed by atoms with Gasteiger partial charge in [-0.3, -0.25) is 0 Å². The summed E-state index contributed by atoms with van der Waals surface area (Å²) in [6.07, 6.45) is 5.43. The second-order valence-electron chi connectivity index (χ2n) is 10.8. The highest BCUT2D eigenvalue weighted by Crippen LogP contribution is 2.38. The first kappa shape index (κ1) is 33.3. The normalized spacial score (nSPS) is 11.1. The van der Waals surface area contributed by atoms with Crippen LogP contribution in [0.15, 0.2) is 109 Å². The second kappa shape index (κ2) is 17.6. The van der Waals surface area contributed by atoms with E-state index in [1.807, 2.05) is 61.5 Å². The number of hydrogen-bond acceptors (Lipinski definition) is 4. The monoisotopic (exact) mass is 658 g/mol. The first-order chi connectivity index (χ1) is 22.1. The number of nitriles is 2. The number of ether oxygens (including phenoxy) is 2. The molecule has 0 amide bonds. The molecule has 4 nitrogen and oxygen atoms in total. The summed E-state index contributed by atoms with van der Waals surface area (Å²) in [5.74, 6) is 1.71. The zero-order valence-electron chi connectivity index (χ0n) is 26.1. The first-order valence-electron chi connectivity index (χ1n) is 15.5. The van der Waals surface area contributed by atoms with Crippen molar-refractivity contribution in [2.24, 2.45) is 0 Å². The minimum atomic E-state index is 0.119. The van der Waals surface area contributed by atoms with Gasteiger partial charge in [0.2, 0.25) is 0 Å². The number of hydrogen-bond donors (Lipinski definition) is 0. The van der Waals surface area contributed by atoms with Crippen LogP contribution in [-0.4, -0.2) is 18.5 Å². The van der Waals surface area contributed by atoms with Crippen LogP contribution in [0.3, 0.4) is 0 Å². The summed E-state index contributed by atoms with van der Waals surface area (Å²) < 4.78 is 12.1. The van der Waals surface area contributed by atoms with E-state index in [0.29, 0.717) is 18.8 Å². The van der Waals surface area contributed by atoms with Crippen LogP contribution < -0.4 is 9.47 Å². The molecule has 0 aliphatic carbocycles. The molecule has 0 spiro atoms. The summed E-state index contributed by atoms with van der Waals surface area (Å²) in [5, 5.41) is 19.8. The smallest absolute Gasteiger partial charge is 0.133 e. The third kappa shape index (κ3) is 9.21. The van der Waals surface area contributed by atoms with Gasteiger partial charge < -0.3 is 9.47 Å². The summed E-state index contributed by atoms with van der Waals surface area (Å²) in [7, 11) is 0. The maximum absolute atomic E-state index is 9.40. The number of halogens is 1. The fourth-order valence-corrected chi connectivity index (χ4v) is 5.50. The fourth-order valence-electron chi connectivity index (χ4n) is 5.10. The van der Waals surface area contributed by atoms with E-state index in [9.17, 15) is 10.5 Å². The van der Waals surface area contributed by atoms with Gasteiger partial charge in [0, 0.05) is 5.33 Å². The van der Waals surface area contributed by atoms with E-state index in [4.69, 9.17) is 9.47 Å². The van der Waals surface area contributed by atoms with Gasteiger partial charge in [0.15, 0.2) is 0 Å². The highest BCUT2D eigenvalue weighted by Gasteiger charge is 2.17. The summed E-state index contributed by atoms with van der Waals surface area (Å²) in [6.45, 7) is 5.40. The highest BCUT2D eigenvalue weighted by atomic mass is 79.9. The molecule has 0 saturated heterocycles. The molecule has 0 radical (unpaired) electrons. The fraction of sp³-hybridized carbons (Fsp3) is 0.250. The number of benzene rings is 4. The van der Waals surface area contributed by atoms with E-state index >= 15 is 0 Å². The van der Waals surface area contributed by atoms with Crippen molar-refractivity contribution in [2.45, 2.75) is 46.0 Å². The van der Waals surface area contributed by atoms with Gasteiger partial charge in [0.1, 0.15) is 29.2 Å². The second-order valence-corrected chi connectivity index (χ2v) is 11.6. The van der Waals surface area contributed by atoms with Gasteiger partial charge in [0.05, 0.1) is 13.2 Å². The van der Waals surface area contributed by atoms with Crippen molar-refractivity contribution in [3.8, 4) is 23.6 Å². The molecule has 4 aromatic rings. The molecule has 0 saturated carbocycles. The van der Waals surface area contributed by atoms with Gasteiger partial charge >= 0.3 is 0 Å². The van der Waals surface area contributed by atoms with Crippen LogP contribution in [0.1, 0.15) is 73.8 Å². The Kier molecular flexibility index (Phi) is 13.1. The molecule has 4 rings (SSSR count). The molecular formula is C40H39BrN2O2. The zero-order valence-corrected chi connectivity index (χ0v) is 27.6. The summed E-state index contributed by atoms with van der Waals surface area (Å²) in [6, 6.07) is 39.2. The number of rotatable bonds is 15. The number of unbranched alkanes of at least 4 members (excludes halogenated alkanes) is 3. The van der Waals surface area contributed by atoms with Crippen molar-refractivity contribution >= 4 is 32.6 Å². The predicted molar refractivity (Wildman–Crippen MR) is 188 cm³/mol. The Hall–Kier alpha value is -4.58. The van der Waals surface area contributed by atoms with Crippen LogP contribution in [0.5, 0.6) is 11.5 Å². The van der Waals surface area contributed by atoms with Crippen molar-refractivity contribution in [1.82, 2.24) is 0 Å². The Morgan fingerprint density at radius 3 is 1.44 bits per heavy atom. The van der Waals surface area contributed by atoms with E-state index in [1.165, 1.54) is 0 Å². The van der Waals surface area contributed by atoms with Gasteiger partial charge in [-0.05, 0) is 95.0 Å². The summed E-state index contributed by atoms with van der Waals surface area (Å²) in [4.78, 5) is 0. The lowest BCUT2D eigenvalue weighted by Gasteiger charge is -2.19.